The fourth-order valence-corrected chi connectivity index (χ4v) is 1.18. The van der Waals surface area contributed by atoms with Crippen LogP contribution in [0.4, 0.5) is 0 Å². The highest BCUT2D eigenvalue weighted by atomic mass is 16.4. The molecule has 10 heavy (non-hydrogen) atoms. The lowest BCUT2D eigenvalue weighted by molar-refractivity contribution is -0.143. The highest BCUT2D eigenvalue weighted by Gasteiger charge is 2.44. The van der Waals surface area contributed by atoms with Crippen molar-refractivity contribution >= 4 is 5.97 Å². The van der Waals surface area contributed by atoms with Crippen LogP contribution in [0.2, 0.25) is 0 Å². The van der Waals surface area contributed by atoms with Crippen LogP contribution in [0.5, 0.6) is 0 Å². The maximum absolute atomic E-state index is 10.5. The molecule has 1 rings (SSSR count). The van der Waals surface area contributed by atoms with Gasteiger partial charge in [-0.25, -0.2) is 4.79 Å². The summed E-state index contributed by atoms with van der Waals surface area (Å²) in [5, 5.41) is 8.63. The van der Waals surface area contributed by atoms with E-state index < -0.39 is 11.5 Å². The van der Waals surface area contributed by atoms with E-state index in [2.05, 4.69) is 0 Å². The number of carboxylic acids is 1. The SMILES string of the molecule is C/C=C1/CC[C@@]1(N)C(=O)O. The van der Waals surface area contributed by atoms with Crippen molar-refractivity contribution in [2.75, 3.05) is 0 Å². The van der Waals surface area contributed by atoms with Gasteiger partial charge in [0.05, 0.1) is 0 Å². The summed E-state index contributed by atoms with van der Waals surface area (Å²) < 4.78 is 0. The molecule has 1 aliphatic rings. The second-order valence-corrected chi connectivity index (χ2v) is 2.59. The van der Waals surface area contributed by atoms with Crippen LogP contribution in [0.15, 0.2) is 11.6 Å². The van der Waals surface area contributed by atoms with Crippen LogP contribution in [-0.2, 0) is 4.79 Å². The first-order chi connectivity index (χ1) is 4.61. The predicted octanol–water partition coefficient (Wildman–Crippen LogP) is 0.509. The minimum absolute atomic E-state index is 0.571. The molecule has 3 nitrogen and oxygen atoms in total. The molecule has 0 amide bonds. The molecule has 0 aromatic rings. The summed E-state index contributed by atoms with van der Waals surface area (Å²) in [7, 11) is 0. The van der Waals surface area contributed by atoms with E-state index >= 15 is 0 Å². The zero-order valence-corrected chi connectivity index (χ0v) is 5.92. The van der Waals surface area contributed by atoms with Gasteiger partial charge >= 0.3 is 5.97 Å². The van der Waals surface area contributed by atoms with Crippen LogP contribution >= 0.6 is 0 Å². The number of nitrogens with two attached hydrogens (primary N) is 1. The third-order valence-corrected chi connectivity index (χ3v) is 2.09. The highest BCUT2D eigenvalue weighted by molar-refractivity contribution is 5.85. The van der Waals surface area contributed by atoms with Crippen LogP contribution in [0.25, 0.3) is 0 Å². The standard InChI is InChI=1S/C7H11NO2/c1-2-5-3-4-7(5,8)6(9)10/h2H,3-4,8H2,1H3,(H,9,10)/b5-2-/t7-/m0/s1. The number of carbonyl (C=O) groups is 1. The summed E-state index contributed by atoms with van der Waals surface area (Å²) in [5.41, 5.74) is 5.35. The summed E-state index contributed by atoms with van der Waals surface area (Å²) >= 11 is 0. The van der Waals surface area contributed by atoms with Gasteiger partial charge in [0.2, 0.25) is 0 Å². The molecular weight excluding hydrogens is 130 g/mol. The number of hydrogen-bond donors (Lipinski definition) is 2. The molecule has 1 atom stereocenters. The molecule has 56 valence electrons. The molecule has 3 N–H and O–H groups in total. The van der Waals surface area contributed by atoms with Crippen molar-refractivity contribution in [3.05, 3.63) is 11.6 Å². The zero-order chi connectivity index (χ0) is 7.78. The monoisotopic (exact) mass is 141 g/mol. The average molecular weight is 141 g/mol. The lowest BCUT2D eigenvalue weighted by Crippen LogP contribution is -2.55. The quantitative estimate of drug-likeness (QED) is 0.523. The Morgan fingerprint density at radius 3 is 2.60 bits per heavy atom. The Kier molecular flexibility index (Phi) is 1.52. The molecule has 0 aromatic carbocycles. The predicted molar refractivity (Wildman–Crippen MR) is 37.5 cm³/mol. The number of allylic oxidation sites excluding steroid dienone is 1. The van der Waals surface area contributed by atoms with E-state index in [4.69, 9.17) is 10.8 Å². The lowest BCUT2D eigenvalue weighted by atomic mass is 9.72. The first kappa shape index (κ1) is 7.28. The van der Waals surface area contributed by atoms with Gasteiger partial charge in [0.25, 0.3) is 0 Å². The van der Waals surface area contributed by atoms with E-state index in [-0.39, 0.29) is 0 Å². The molecule has 0 aromatic heterocycles. The molecule has 0 spiro atoms. The maximum atomic E-state index is 10.5. The third kappa shape index (κ3) is 0.743. The fourth-order valence-electron chi connectivity index (χ4n) is 1.18. The van der Waals surface area contributed by atoms with Crippen molar-refractivity contribution in [3.63, 3.8) is 0 Å². The topological polar surface area (TPSA) is 63.3 Å². The van der Waals surface area contributed by atoms with Crippen LogP contribution in [-0.4, -0.2) is 16.6 Å². The number of hydrogen-bond acceptors (Lipinski definition) is 2. The second kappa shape index (κ2) is 2.09. The zero-order valence-electron chi connectivity index (χ0n) is 5.92. The van der Waals surface area contributed by atoms with Crippen molar-refractivity contribution in [2.24, 2.45) is 5.73 Å². The van der Waals surface area contributed by atoms with Gasteiger partial charge in [0.15, 0.2) is 0 Å². The second-order valence-electron chi connectivity index (χ2n) is 2.59. The molecule has 0 saturated heterocycles. The Labute approximate surface area is 59.5 Å². The van der Waals surface area contributed by atoms with E-state index in [1.807, 2.05) is 6.92 Å². The van der Waals surface area contributed by atoms with Crippen LogP contribution in [0.1, 0.15) is 19.8 Å². The van der Waals surface area contributed by atoms with E-state index in [1.165, 1.54) is 0 Å². The number of rotatable bonds is 1. The molecular formula is C7H11NO2. The van der Waals surface area contributed by atoms with Gasteiger partial charge in [-0.2, -0.15) is 0 Å². The van der Waals surface area contributed by atoms with Gasteiger partial charge in [-0.05, 0) is 25.3 Å². The van der Waals surface area contributed by atoms with Gasteiger partial charge in [0.1, 0.15) is 5.54 Å². The first-order valence-corrected chi connectivity index (χ1v) is 3.29. The van der Waals surface area contributed by atoms with Gasteiger partial charge in [-0.1, -0.05) is 6.08 Å². The Balaban J connectivity index is 2.81. The Hall–Kier alpha value is -0.830. The summed E-state index contributed by atoms with van der Waals surface area (Å²) in [6.07, 6.45) is 3.19. The van der Waals surface area contributed by atoms with Gasteiger partial charge in [-0.15, -0.1) is 0 Å². The van der Waals surface area contributed by atoms with Crippen LogP contribution in [0.3, 0.4) is 0 Å². The summed E-state index contributed by atoms with van der Waals surface area (Å²) in [6, 6.07) is 0. The highest BCUT2D eigenvalue weighted by Crippen LogP contribution is 2.35. The number of aliphatic carboxylic acids is 1. The van der Waals surface area contributed by atoms with Crippen molar-refractivity contribution < 1.29 is 9.90 Å². The third-order valence-electron chi connectivity index (χ3n) is 2.09. The van der Waals surface area contributed by atoms with Crippen molar-refractivity contribution in [3.8, 4) is 0 Å². The van der Waals surface area contributed by atoms with Crippen LogP contribution < -0.4 is 5.73 Å². The average Bonchev–Trinajstić information content (AvgIpc) is 1.85. The first-order valence-electron chi connectivity index (χ1n) is 3.29. The van der Waals surface area contributed by atoms with Gasteiger partial charge in [0, 0.05) is 0 Å². The summed E-state index contributed by atoms with van der Waals surface area (Å²) in [5.74, 6) is -0.910. The molecule has 0 aliphatic heterocycles. The van der Waals surface area contributed by atoms with Crippen molar-refractivity contribution in [1.29, 1.82) is 0 Å². The fraction of sp³-hybridized carbons (Fsp3) is 0.571. The van der Waals surface area contributed by atoms with E-state index in [0.717, 1.165) is 12.0 Å². The largest absolute Gasteiger partial charge is 0.480 e. The lowest BCUT2D eigenvalue weighted by Gasteiger charge is -2.36. The minimum atomic E-state index is -1.03. The molecule has 0 unspecified atom stereocenters. The Bertz CT molecular complexity index is 198. The Morgan fingerprint density at radius 1 is 1.90 bits per heavy atom. The van der Waals surface area contributed by atoms with Crippen LogP contribution in [0, 0.1) is 0 Å². The van der Waals surface area contributed by atoms with E-state index in [0.29, 0.717) is 6.42 Å². The molecule has 0 heterocycles. The van der Waals surface area contributed by atoms with E-state index in [1.54, 1.807) is 6.08 Å². The van der Waals surface area contributed by atoms with Crippen molar-refractivity contribution in [1.82, 2.24) is 0 Å². The minimum Gasteiger partial charge on any atom is -0.480 e. The van der Waals surface area contributed by atoms with Gasteiger partial charge < -0.3 is 10.8 Å². The smallest absolute Gasteiger partial charge is 0.328 e. The summed E-state index contributed by atoms with van der Waals surface area (Å²) in [4.78, 5) is 10.5. The molecule has 1 fully saturated rings. The normalized spacial score (nSPS) is 35.6. The van der Waals surface area contributed by atoms with E-state index in [9.17, 15) is 4.79 Å². The number of carboxylic acid groups (broad SMARTS) is 1. The maximum Gasteiger partial charge on any atom is 0.328 e. The molecule has 0 bridgehead atoms. The molecule has 1 aliphatic carbocycles. The molecule has 3 heteroatoms. The summed E-state index contributed by atoms with van der Waals surface area (Å²) in [6.45, 7) is 1.82. The molecule has 0 radical (unpaired) electrons. The molecule has 1 saturated carbocycles. The Morgan fingerprint density at radius 2 is 2.50 bits per heavy atom. The van der Waals surface area contributed by atoms with Crippen molar-refractivity contribution in [2.45, 2.75) is 25.3 Å². The van der Waals surface area contributed by atoms with Gasteiger partial charge in [-0.3, -0.25) is 0 Å².